The van der Waals surface area contributed by atoms with Crippen LogP contribution in [0.3, 0.4) is 0 Å². The molecule has 0 amide bonds. The number of rotatable bonds is 2. The Morgan fingerprint density at radius 3 is 2.50 bits per heavy atom. The van der Waals surface area contributed by atoms with Crippen molar-refractivity contribution in [2.45, 2.75) is 20.4 Å². The lowest BCUT2D eigenvalue weighted by molar-refractivity contribution is 0.474. The molecule has 0 aliphatic carbocycles. The Labute approximate surface area is 74.2 Å². The molecule has 0 heterocycles. The van der Waals surface area contributed by atoms with Crippen molar-refractivity contribution < 1.29 is 5.11 Å². The van der Waals surface area contributed by atoms with Crippen molar-refractivity contribution in [3.8, 4) is 5.75 Å². The van der Waals surface area contributed by atoms with Gasteiger partial charge in [-0.15, -0.1) is 0 Å². The summed E-state index contributed by atoms with van der Waals surface area (Å²) in [7, 11) is 1.88. The molecule has 0 atom stereocenters. The van der Waals surface area contributed by atoms with Crippen LogP contribution in [0.4, 0.5) is 0 Å². The lowest BCUT2D eigenvalue weighted by Gasteiger charge is -1.98. The van der Waals surface area contributed by atoms with Crippen molar-refractivity contribution in [3.05, 3.63) is 29.8 Å². The zero-order valence-corrected chi connectivity index (χ0v) is 7.96. The van der Waals surface area contributed by atoms with Crippen LogP contribution < -0.4 is 5.32 Å². The minimum atomic E-state index is 0.327. The molecule has 2 N–H and O–H groups in total. The summed E-state index contributed by atoms with van der Waals surface area (Å²) in [6.45, 7) is 4.80. The van der Waals surface area contributed by atoms with Crippen LogP contribution in [0.2, 0.25) is 0 Å². The Hall–Kier alpha value is -1.02. The molecule has 0 aromatic heterocycles. The Morgan fingerprint density at radius 2 is 2.00 bits per heavy atom. The van der Waals surface area contributed by atoms with E-state index in [4.69, 9.17) is 5.11 Å². The summed E-state index contributed by atoms with van der Waals surface area (Å²) in [5.41, 5.74) is 1.10. The van der Waals surface area contributed by atoms with Gasteiger partial charge in [-0.1, -0.05) is 26.0 Å². The summed E-state index contributed by atoms with van der Waals surface area (Å²) in [5.74, 6) is 0.327. The van der Waals surface area contributed by atoms with Crippen LogP contribution in [0.15, 0.2) is 24.3 Å². The van der Waals surface area contributed by atoms with Crippen LogP contribution in [-0.4, -0.2) is 12.2 Å². The van der Waals surface area contributed by atoms with Crippen LogP contribution in [0, 0.1) is 0 Å². The van der Waals surface area contributed by atoms with Crippen LogP contribution in [0.1, 0.15) is 19.4 Å². The molecule has 0 spiro atoms. The fourth-order valence-corrected chi connectivity index (χ4v) is 0.871. The topological polar surface area (TPSA) is 32.3 Å². The first-order chi connectivity index (χ1) is 5.83. The smallest absolute Gasteiger partial charge is 0.115 e. The van der Waals surface area contributed by atoms with Gasteiger partial charge in [0.1, 0.15) is 5.75 Å². The maximum absolute atomic E-state index is 9.01. The van der Waals surface area contributed by atoms with E-state index in [2.05, 4.69) is 5.32 Å². The van der Waals surface area contributed by atoms with Gasteiger partial charge in [0, 0.05) is 6.54 Å². The minimum Gasteiger partial charge on any atom is -0.508 e. The highest BCUT2D eigenvalue weighted by atomic mass is 16.3. The van der Waals surface area contributed by atoms with E-state index in [9.17, 15) is 0 Å². The van der Waals surface area contributed by atoms with Crippen molar-refractivity contribution >= 4 is 0 Å². The lowest BCUT2D eigenvalue weighted by atomic mass is 10.2. The Balaban J connectivity index is 0.000000561. The normalized spacial score (nSPS) is 8.58. The SMILES string of the molecule is CC.CNCc1cccc(O)c1. The third-order valence-corrected chi connectivity index (χ3v) is 1.29. The second kappa shape index (κ2) is 6.68. The van der Waals surface area contributed by atoms with E-state index in [0.29, 0.717) is 5.75 Å². The van der Waals surface area contributed by atoms with Crippen molar-refractivity contribution in [1.82, 2.24) is 5.32 Å². The quantitative estimate of drug-likeness (QED) is 0.707. The van der Waals surface area contributed by atoms with E-state index in [1.54, 1.807) is 12.1 Å². The zero-order valence-electron chi connectivity index (χ0n) is 7.96. The van der Waals surface area contributed by atoms with Gasteiger partial charge in [-0.3, -0.25) is 0 Å². The maximum atomic E-state index is 9.01. The summed E-state index contributed by atoms with van der Waals surface area (Å²) in [6.07, 6.45) is 0. The zero-order chi connectivity index (χ0) is 9.40. The van der Waals surface area contributed by atoms with Gasteiger partial charge >= 0.3 is 0 Å². The fraction of sp³-hybridized carbons (Fsp3) is 0.400. The molecule has 0 aliphatic heterocycles. The predicted octanol–water partition coefficient (Wildman–Crippen LogP) is 2.14. The number of nitrogens with one attached hydrogen (secondary N) is 1. The summed E-state index contributed by atoms with van der Waals surface area (Å²) in [5, 5.41) is 12.0. The van der Waals surface area contributed by atoms with E-state index in [1.807, 2.05) is 33.0 Å². The largest absolute Gasteiger partial charge is 0.508 e. The van der Waals surface area contributed by atoms with E-state index in [1.165, 1.54) is 0 Å². The molecule has 0 saturated heterocycles. The molecule has 2 heteroatoms. The average Bonchev–Trinajstić information content (AvgIpc) is 2.09. The minimum absolute atomic E-state index is 0.327. The lowest BCUT2D eigenvalue weighted by Crippen LogP contribution is -2.04. The monoisotopic (exact) mass is 167 g/mol. The Bertz CT molecular complexity index is 211. The van der Waals surface area contributed by atoms with Gasteiger partial charge < -0.3 is 10.4 Å². The highest BCUT2D eigenvalue weighted by Crippen LogP contribution is 2.09. The highest BCUT2D eigenvalue weighted by molar-refractivity contribution is 5.26. The fourth-order valence-electron chi connectivity index (χ4n) is 0.871. The summed E-state index contributed by atoms with van der Waals surface area (Å²) >= 11 is 0. The van der Waals surface area contributed by atoms with Crippen LogP contribution in [-0.2, 0) is 6.54 Å². The molecule has 12 heavy (non-hydrogen) atoms. The molecule has 0 bridgehead atoms. The first-order valence-corrected chi connectivity index (χ1v) is 4.25. The predicted molar refractivity (Wildman–Crippen MR) is 52.2 cm³/mol. The molecule has 0 unspecified atom stereocenters. The Kier molecular flexibility index (Phi) is 6.11. The van der Waals surface area contributed by atoms with Crippen LogP contribution >= 0.6 is 0 Å². The van der Waals surface area contributed by atoms with Gasteiger partial charge in [0.15, 0.2) is 0 Å². The molecule has 1 aromatic carbocycles. The third-order valence-electron chi connectivity index (χ3n) is 1.29. The second-order valence-corrected chi connectivity index (χ2v) is 2.20. The second-order valence-electron chi connectivity index (χ2n) is 2.20. The van der Waals surface area contributed by atoms with Crippen LogP contribution in [0.5, 0.6) is 5.75 Å². The summed E-state index contributed by atoms with van der Waals surface area (Å²) < 4.78 is 0. The van der Waals surface area contributed by atoms with E-state index in [-0.39, 0.29) is 0 Å². The molecular weight excluding hydrogens is 150 g/mol. The number of phenolic OH excluding ortho intramolecular Hbond substituents is 1. The maximum Gasteiger partial charge on any atom is 0.115 e. The Morgan fingerprint density at radius 1 is 1.33 bits per heavy atom. The highest BCUT2D eigenvalue weighted by Gasteiger charge is 1.90. The standard InChI is InChI=1S/C8H11NO.C2H6/c1-9-6-7-3-2-4-8(10)5-7;1-2/h2-5,9-10H,6H2,1H3;1-2H3. The van der Waals surface area contributed by atoms with E-state index in [0.717, 1.165) is 12.1 Å². The third kappa shape index (κ3) is 3.98. The molecule has 0 fully saturated rings. The molecule has 2 nitrogen and oxygen atoms in total. The molecule has 0 saturated carbocycles. The number of benzene rings is 1. The first kappa shape index (κ1) is 11.0. The number of aromatic hydroxyl groups is 1. The first-order valence-electron chi connectivity index (χ1n) is 4.25. The van der Waals surface area contributed by atoms with Gasteiger partial charge in [0.05, 0.1) is 0 Å². The average molecular weight is 167 g/mol. The van der Waals surface area contributed by atoms with Crippen molar-refractivity contribution in [3.63, 3.8) is 0 Å². The molecule has 68 valence electrons. The molecular formula is C10H17NO. The number of hydrogen-bond acceptors (Lipinski definition) is 2. The van der Waals surface area contributed by atoms with Gasteiger partial charge in [-0.05, 0) is 24.7 Å². The van der Waals surface area contributed by atoms with E-state index >= 15 is 0 Å². The summed E-state index contributed by atoms with van der Waals surface area (Å²) in [6, 6.07) is 7.22. The molecule has 1 aromatic rings. The van der Waals surface area contributed by atoms with Crippen molar-refractivity contribution in [2.24, 2.45) is 0 Å². The van der Waals surface area contributed by atoms with Gasteiger partial charge in [-0.2, -0.15) is 0 Å². The molecule has 1 rings (SSSR count). The number of hydrogen-bond donors (Lipinski definition) is 2. The van der Waals surface area contributed by atoms with Gasteiger partial charge in [0.2, 0.25) is 0 Å². The summed E-state index contributed by atoms with van der Waals surface area (Å²) in [4.78, 5) is 0. The van der Waals surface area contributed by atoms with Gasteiger partial charge in [-0.25, -0.2) is 0 Å². The van der Waals surface area contributed by atoms with Crippen molar-refractivity contribution in [1.29, 1.82) is 0 Å². The van der Waals surface area contributed by atoms with Crippen molar-refractivity contribution in [2.75, 3.05) is 7.05 Å². The van der Waals surface area contributed by atoms with E-state index < -0.39 is 0 Å². The molecule has 0 radical (unpaired) electrons. The van der Waals surface area contributed by atoms with Gasteiger partial charge in [0.25, 0.3) is 0 Å². The molecule has 0 aliphatic rings. The van der Waals surface area contributed by atoms with Crippen LogP contribution in [0.25, 0.3) is 0 Å². The number of phenols is 1.